The highest BCUT2D eigenvalue weighted by atomic mass is 32.1. The molecule has 0 fully saturated rings. The highest BCUT2D eigenvalue weighted by molar-refractivity contribution is 7.08. The van der Waals surface area contributed by atoms with Crippen molar-refractivity contribution in [2.24, 2.45) is 0 Å². The predicted molar refractivity (Wildman–Crippen MR) is 122 cm³/mol. The Morgan fingerprint density at radius 1 is 1.13 bits per heavy atom. The summed E-state index contributed by atoms with van der Waals surface area (Å²) in [5.74, 6) is 0.562. The molecule has 2 aromatic carbocycles. The lowest BCUT2D eigenvalue weighted by Gasteiger charge is -2.32. The number of ketones is 1. The van der Waals surface area contributed by atoms with E-state index in [9.17, 15) is 9.90 Å². The molecule has 31 heavy (non-hydrogen) atoms. The summed E-state index contributed by atoms with van der Waals surface area (Å²) in [6, 6.07) is 13.7. The van der Waals surface area contributed by atoms with E-state index in [0.29, 0.717) is 11.3 Å². The van der Waals surface area contributed by atoms with Crippen molar-refractivity contribution in [1.29, 1.82) is 0 Å². The Bertz CT molecular complexity index is 1290. The molecule has 158 valence electrons. The van der Waals surface area contributed by atoms with Gasteiger partial charge in [0.25, 0.3) is 0 Å². The largest absolute Gasteiger partial charge is 0.491 e. The maximum atomic E-state index is 13.5. The first-order valence-electron chi connectivity index (χ1n) is 10.2. The van der Waals surface area contributed by atoms with E-state index in [1.54, 1.807) is 23.5 Å². The number of nitrogens with one attached hydrogen (secondary N) is 1. The summed E-state index contributed by atoms with van der Waals surface area (Å²) in [5, 5.41) is 23.7. The van der Waals surface area contributed by atoms with Gasteiger partial charge in [-0.2, -0.15) is 11.3 Å². The minimum absolute atomic E-state index is 0.000742. The van der Waals surface area contributed by atoms with Crippen LogP contribution in [0.15, 0.2) is 53.2 Å². The SMILES string of the molecule is CC1(C)c2cc(OC[C@H](O)CO)ccc2C(=O)c2c1[nH]c1cc(-c3ccsc3)ccc21. The third kappa shape index (κ3) is 3.19. The van der Waals surface area contributed by atoms with E-state index in [-0.39, 0.29) is 19.0 Å². The molecule has 0 saturated carbocycles. The number of aromatic nitrogens is 1. The van der Waals surface area contributed by atoms with E-state index < -0.39 is 11.5 Å². The number of hydrogen-bond acceptors (Lipinski definition) is 5. The van der Waals surface area contributed by atoms with E-state index >= 15 is 0 Å². The van der Waals surface area contributed by atoms with Crippen LogP contribution in [0.3, 0.4) is 0 Å². The van der Waals surface area contributed by atoms with E-state index in [0.717, 1.165) is 33.3 Å². The van der Waals surface area contributed by atoms with Gasteiger partial charge in [0.2, 0.25) is 0 Å². The number of aliphatic hydroxyl groups excluding tert-OH is 2. The smallest absolute Gasteiger partial charge is 0.195 e. The van der Waals surface area contributed by atoms with Gasteiger partial charge in [0.1, 0.15) is 18.5 Å². The number of carbonyl (C=O) groups is 1. The van der Waals surface area contributed by atoms with Crippen LogP contribution >= 0.6 is 11.3 Å². The molecule has 0 amide bonds. The summed E-state index contributed by atoms with van der Waals surface area (Å²) >= 11 is 1.66. The van der Waals surface area contributed by atoms with Crippen molar-refractivity contribution in [1.82, 2.24) is 4.98 Å². The molecular formula is C25H23NO4S. The minimum Gasteiger partial charge on any atom is -0.491 e. The van der Waals surface area contributed by atoms with Crippen LogP contribution in [0.25, 0.3) is 22.0 Å². The number of benzene rings is 2. The van der Waals surface area contributed by atoms with Gasteiger partial charge in [-0.1, -0.05) is 26.0 Å². The molecule has 1 atom stereocenters. The molecule has 1 aliphatic rings. The Morgan fingerprint density at radius 2 is 1.97 bits per heavy atom. The van der Waals surface area contributed by atoms with Crippen LogP contribution in [0.4, 0.5) is 0 Å². The first kappa shape index (κ1) is 20.0. The van der Waals surface area contributed by atoms with Gasteiger partial charge in [0.15, 0.2) is 5.78 Å². The van der Waals surface area contributed by atoms with Crippen LogP contribution in [0, 0.1) is 0 Å². The quantitative estimate of drug-likeness (QED) is 0.433. The molecule has 0 bridgehead atoms. The molecule has 0 spiro atoms. The highest BCUT2D eigenvalue weighted by Crippen LogP contribution is 2.45. The molecule has 1 aliphatic carbocycles. The molecule has 0 radical (unpaired) electrons. The fourth-order valence-corrected chi connectivity index (χ4v) is 5.02. The van der Waals surface area contributed by atoms with Gasteiger partial charge in [-0.15, -0.1) is 0 Å². The van der Waals surface area contributed by atoms with Gasteiger partial charge in [-0.3, -0.25) is 4.79 Å². The number of fused-ring (bicyclic) bond motifs is 4. The summed E-state index contributed by atoms with van der Waals surface area (Å²) in [6.45, 7) is 3.82. The first-order chi connectivity index (χ1) is 14.9. The van der Waals surface area contributed by atoms with Crippen LogP contribution < -0.4 is 4.74 Å². The fraction of sp³-hybridized carbons (Fsp3) is 0.240. The van der Waals surface area contributed by atoms with E-state index in [1.165, 1.54) is 5.56 Å². The molecule has 0 aliphatic heterocycles. The van der Waals surface area contributed by atoms with Crippen molar-refractivity contribution in [3.05, 3.63) is 75.6 Å². The molecule has 0 unspecified atom stereocenters. The molecule has 5 rings (SSSR count). The molecule has 6 heteroatoms. The Hall–Kier alpha value is -2.93. The van der Waals surface area contributed by atoms with Gasteiger partial charge >= 0.3 is 0 Å². The van der Waals surface area contributed by atoms with Crippen molar-refractivity contribution in [3.63, 3.8) is 0 Å². The molecule has 4 aromatic rings. The summed E-state index contributed by atoms with van der Waals surface area (Å²) in [7, 11) is 0. The number of H-pyrrole nitrogens is 1. The zero-order chi connectivity index (χ0) is 21.8. The summed E-state index contributed by atoms with van der Waals surface area (Å²) < 4.78 is 5.63. The number of ether oxygens (including phenoxy) is 1. The zero-order valence-corrected chi connectivity index (χ0v) is 18.1. The average Bonchev–Trinajstić information content (AvgIpc) is 3.44. The fourth-order valence-electron chi connectivity index (χ4n) is 4.35. The number of thiophene rings is 1. The van der Waals surface area contributed by atoms with Gasteiger partial charge in [-0.25, -0.2) is 0 Å². The van der Waals surface area contributed by atoms with E-state index in [2.05, 4.69) is 47.8 Å². The van der Waals surface area contributed by atoms with Crippen LogP contribution in [-0.2, 0) is 5.41 Å². The maximum absolute atomic E-state index is 13.5. The highest BCUT2D eigenvalue weighted by Gasteiger charge is 2.39. The number of aromatic amines is 1. The lowest BCUT2D eigenvalue weighted by molar-refractivity contribution is 0.0535. The molecule has 2 aromatic heterocycles. The predicted octanol–water partition coefficient (Wildman–Crippen LogP) is 4.50. The van der Waals surface area contributed by atoms with Crippen molar-refractivity contribution >= 4 is 28.0 Å². The van der Waals surface area contributed by atoms with Gasteiger partial charge in [0, 0.05) is 27.6 Å². The molecule has 3 N–H and O–H groups in total. The second-order valence-corrected chi connectivity index (χ2v) is 9.24. The summed E-state index contributed by atoms with van der Waals surface area (Å²) in [6.07, 6.45) is -0.941. The summed E-state index contributed by atoms with van der Waals surface area (Å²) in [5.41, 5.74) is 5.97. The Labute approximate surface area is 183 Å². The second-order valence-electron chi connectivity index (χ2n) is 8.46. The normalized spacial score (nSPS) is 15.5. The number of rotatable bonds is 5. The van der Waals surface area contributed by atoms with Crippen LogP contribution in [-0.4, -0.2) is 40.3 Å². The average molecular weight is 434 g/mol. The van der Waals surface area contributed by atoms with Crippen LogP contribution in [0.2, 0.25) is 0 Å². The lowest BCUT2D eigenvalue weighted by Crippen LogP contribution is -2.30. The third-order valence-electron chi connectivity index (χ3n) is 6.07. The van der Waals surface area contributed by atoms with Gasteiger partial charge < -0.3 is 19.9 Å². The molecular weight excluding hydrogens is 410 g/mol. The third-order valence-corrected chi connectivity index (χ3v) is 6.75. The Balaban J connectivity index is 1.60. The summed E-state index contributed by atoms with van der Waals surface area (Å²) in [4.78, 5) is 17.0. The van der Waals surface area contributed by atoms with Crippen molar-refractivity contribution in [2.45, 2.75) is 25.4 Å². The number of hydrogen-bond donors (Lipinski definition) is 3. The van der Waals surface area contributed by atoms with E-state index in [1.807, 2.05) is 12.1 Å². The molecule has 2 heterocycles. The standard InChI is InChI=1S/C25H23NO4S/c1-25(2)20-10-17(30-12-16(28)11-27)4-6-18(20)23(29)22-19-5-3-14(15-7-8-31-13-15)9-21(19)26-24(22)25/h3-10,13,16,26-28H,11-12H2,1-2H3/t16-/m1/s1. The minimum atomic E-state index is -0.941. The second kappa shape index (κ2) is 7.34. The van der Waals surface area contributed by atoms with Crippen molar-refractivity contribution in [3.8, 4) is 16.9 Å². The van der Waals surface area contributed by atoms with Crippen LogP contribution in [0.5, 0.6) is 5.75 Å². The Morgan fingerprint density at radius 3 is 2.71 bits per heavy atom. The topological polar surface area (TPSA) is 82.5 Å². The number of carbonyl (C=O) groups excluding carboxylic acids is 1. The first-order valence-corrected chi connectivity index (χ1v) is 11.1. The lowest BCUT2D eigenvalue weighted by atomic mass is 9.71. The van der Waals surface area contributed by atoms with Gasteiger partial charge in [-0.05, 0) is 57.8 Å². The van der Waals surface area contributed by atoms with Crippen molar-refractivity contribution < 1.29 is 19.7 Å². The molecule has 5 nitrogen and oxygen atoms in total. The van der Waals surface area contributed by atoms with Gasteiger partial charge in [0.05, 0.1) is 12.2 Å². The number of aliphatic hydroxyl groups is 2. The van der Waals surface area contributed by atoms with E-state index in [4.69, 9.17) is 9.84 Å². The molecule has 0 saturated heterocycles. The van der Waals surface area contributed by atoms with Crippen molar-refractivity contribution in [2.75, 3.05) is 13.2 Å². The monoisotopic (exact) mass is 433 g/mol. The zero-order valence-electron chi connectivity index (χ0n) is 17.3. The Kier molecular flexibility index (Phi) is 4.73. The van der Waals surface area contributed by atoms with Crippen LogP contribution in [0.1, 0.15) is 41.0 Å². The maximum Gasteiger partial charge on any atom is 0.195 e.